The van der Waals surface area contributed by atoms with E-state index in [0.29, 0.717) is 16.7 Å². The zero-order valence-corrected chi connectivity index (χ0v) is 13.8. The van der Waals surface area contributed by atoms with Gasteiger partial charge in [-0.25, -0.2) is 0 Å². The van der Waals surface area contributed by atoms with Crippen LogP contribution in [0.5, 0.6) is 0 Å². The topological polar surface area (TPSA) is 9.23 Å². The molecule has 0 aromatic carbocycles. The van der Waals surface area contributed by atoms with Crippen LogP contribution in [0.1, 0.15) is 67.7 Å². The predicted octanol–water partition coefficient (Wildman–Crippen LogP) is 5.17. The highest BCUT2D eigenvalue weighted by Crippen LogP contribution is 2.66. The molecule has 19 heavy (non-hydrogen) atoms. The van der Waals surface area contributed by atoms with Crippen LogP contribution in [-0.2, 0) is 4.74 Å². The molecule has 108 valence electrons. The number of rotatable bonds is 0. The summed E-state index contributed by atoms with van der Waals surface area (Å²) in [5.74, 6) is 3.54. The van der Waals surface area contributed by atoms with Crippen molar-refractivity contribution in [3.63, 3.8) is 0 Å². The highest BCUT2D eigenvalue weighted by Gasteiger charge is 2.58. The fourth-order valence-corrected chi connectivity index (χ4v) is 5.28. The van der Waals surface area contributed by atoms with Crippen molar-refractivity contribution in [2.75, 3.05) is 0 Å². The largest absolute Gasteiger partial charge is 0.492 e. The Bertz CT molecular complexity index is 439. The summed E-state index contributed by atoms with van der Waals surface area (Å²) in [6, 6.07) is 0. The molecular formula is C18H30O. The molecule has 3 aliphatic rings. The molecule has 3 rings (SSSR count). The van der Waals surface area contributed by atoms with Gasteiger partial charge < -0.3 is 4.74 Å². The van der Waals surface area contributed by atoms with Gasteiger partial charge in [-0.3, -0.25) is 0 Å². The first-order chi connectivity index (χ1) is 8.57. The smallest absolute Gasteiger partial charge is 0.104 e. The minimum absolute atomic E-state index is 0.0495. The van der Waals surface area contributed by atoms with E-state index in [1.54, 1.807) is 5.57 Å². The summed E-state index contributed by atoms with van der Waals surface area (Å²) in [6.45, 7) is 16.8. The first kappa shape index (κ1) is 13.5. The Morgan fingerprint density at radius 1 is 1.00 bits per heavy atom. The van der Waals surface area contributed by atoms with Crippen LogP contribution in [0.25, 0.3) is 0 Å². The van der Waals surface area contributed by atoms with Crippen molar-refractivity contribution in [1.82, 2.24) is 0 Å². The molecule has 2 aliphatic carbocycles. The van der Waals surface area contributed by atoms with Crippen molar-refractivity contribution < 1.29 is 4.74 Å². The van der Waals surface area contributed by atoms with Crippen molar-refractivity contribution in [1.29, 1.82) is 0 Å². The predicted molar refractivity (Wildman–Crippen MR) is 79.7 cm³/mol. The third kappa shape index (κ3) is 1.66. The molecule has 1 aliphatic heterocycles. The molecule has 1 nitrogen and oxygen atoms in total. The Morgan fingerprint density at radius 2 is 1.63 bits per heavy atom. The molecule has 1 heteroatoms. The van der Waals surface area contributed by atoms with Crippen LogP contribution in [0.3, 0.4) is 0 Å². The number of ether oxygens (including phenoxy) is 1. The fraction of sp³-hybridized carbons (Fsp3) is 0.889. The molecule has 0 amide bonds. The van der Waals surface area contributed by atoms with Crippen molar-refractivity contribution in [3.8, 4) is 0 Å². The van der Waals surface area contributed by atoms with Crippen LogP contribution in [0, 0.1) is 28.6 Å². The second-order valence-electron chi connectivity index (χ2n) is 8.94. The maximum atomic E-state index is 6.42. The zero-order chi connectivity index (χ0) is 14.2. The van der Waals surface area contributed by atoms with E-state index in [2.05, 4.69) is 48.5 Å². The summed E-state index contributed by atoms with van der Waals surface area (Å²) >= 11 is 0. The van der Waals surface area contributed by atoms with Crippen LogP contribution in [0.4, 0.5) is 0 Å². The van der Waals surface area contributed by atoms with Gasteiger partial charge in [0, 0.05) is 5.92 Å². The van der Waals surface area contributed by atoms with E-state index >= 15 is 0 Å². The fourth-order valence-electron chi connectivity index (χ4n) is 5.28. The summed E-state index contributed by atoms with van der Waals surface area (Å²) in [6.07, 6.45) is 3.91. The van der Waals surface area contributed by atoms with Crippen LogP contribution in [0.15, 0.2) is 11.3 Å². The lowest BCUT2D eigenvalue weighted by Crippen LogP contribution is -2.27. The molecule has 0 spiro atoms. The Hall–Kier alpha value is -0.460. The van der Waals surface area contributed by atoms with E-state index in [-0.39, 0.29) is 5.60 Å². The van der Waals surface area contributed by atoms with Gasteiger partial charge in [0.1, 0.15) is 11.4 Å². The summed E-state index contributed by atoms with van der Waals surface area (Å²) < 4.78 is 6.42. The monoisotopic (exact) mass is 262 g/mol. The average molecular weight is 262 g/mol. The second-order valence-corrected chi connectivity index (χ2v) is 8.94. The lowest BCUT2D eigenvalue weighted by molar-refractivity contribution is 0.0706. The van der Waals surface area contributed by atoms with E-state index in [1.807, 2.05) is 0 Å². The summed E-state index contributed by atoms with van der Waals surface area (Å²) in [7, 11) is 0. The highest BCUT2D eigenvalue weighted by molar-refractivity contribution is 5.34. The lowest BCUT2D eigenvalue weighted by atomic mass is 9.70. The van der Waals surface area contributed by atoms with Crippen LogP contribution in [0.2, 0.25) is 0 Å². The van der Waals surface area contributed by atoms with Crippen LogP contribution >= 0.6 is 0 Å². The molecule has 1 saturated heterocycles. The summed E-state index contributed by atoms with van der Waals surface area (Å²) in [4.78, 5) is 0. The quantitative estimate of drug-likeness (QED) is 0.585. The first-order valence-corrected chi connectivity index (χ1v) is 8.01. The van der Waals surface area contributed by atoms with Gasteiger partial charge in [0.2, 0.25) is 0 Å². The van der Waals surface area contributed by atoms with Gasteiger partial charge in [0.15, 0.2) is 0 Å². The van der Waals surface area contributed by atoms with Gasteiger partial charge in [-0.1, -0.05) is 34.6 Å². The zero-order valence-electron chi connectivity index (χ0n) is 13.8. The standard InChI is InChI=1S/C18H30O/c1-11-17(4,5)13-9-8-12-10-16(2,3)19-15(12)14(13)18(11,6)7/h11-13H,8-10H2,1-7H3/t11-,12-,13-/m0/s1. The summed E-state index contributed by atoms with van der Waals surface area (Å²) in [5, 5.41) is 0. The molecule has 0 radical (unpaired) electrons. The average Bonchev–Trinajstić information content (AvgIpc) is 2.65. The number of allylic oxidation sites excluding steroid dienone is 2. The number of fused-ring (bicyclic) bond motifs is 2. The van der Waals surface area contributed by atoms with E-state index in [4.69, 9.17) is 4.74 Å². The van der Waals surface area contributed by atoms with Gasteiger partial charge in [-0.05, 0) is 61.3 Å². The molecule has 3 atom stereocenters. The van der Waals surface area contributed by atoms with Gasteiger partial charge >= 0.3 is 0 Å². The molecule has 0 N–H and O–H groups in total. The van der Waals surface area contributed by atoms with E-state index in [1.165, 1.54) is 25.0 Å². The first-order valence-electron chi connectivity index (χ1n) is 8.01. The summed E-state index contributed by atoms with van der Waals surface area (Å²) in [5.41, 5.74) is 2.43. The Balaban J connectivity index is 2.15. The minimum atomic E-state index is 0.0495. The van der Waals surface area contributed by atoms with Crippen molar-refractivity contribution in [2.24, 2.45) is 28.6 Å². The Morgan fingerprint density at radius 3 is 2.26 bits per heavy atom. The van der Waals surface area contributed by atoms with Crippen LogP contribution < -0.4 is 0 Å². The number of hydrogen-bond acceptors (Lipinski definition) is 1. The van der Waals surface area contributed by atoms with Gasteiger partial charge in [-0.15, -0.1) is 0 Å². The van der Waals surface area contributed by atoms with E-state index in [9.17, 15) is 0 Å². The molecule has 0 aromatic rings. The van der Waals surface area contributed by atoms with Crippen LogP contribution in [-0.4, -0.2) is 5.60 Å². The highest BCUT2D eigenvalue weighted by atomic mass is 16.5. The molecule has 0 bridgehead atoms. The lowest BCUT2D eigenvalue weighted by Gasteiger charge is -2.34. The van der Waals surface area contributed by atoms with Crippen molar-refractivity contribution in [3.05, 3.63) is 11.3 Å². The molecular weight excluding hydrogens is 232 g/mol. The molecule has 0 unspecified atom stereocenters. The maximum Gasteiger partial charge on any atom is 0.104 e. The third-order valence-electron chi connectivity index (χ3n) is 6.70. The molecule has 2 fully saturated rings. The van der Waals surface area contributed by atoms with E-state index in [0.717, 1.165) is 11.8 Å². The Kier molecular flexibility index (Phi) is 2.56. The second kappa shape index (κ2) is 3.59. The Labute approximate surface area is 118 Å². The minimum Gasteiger partial charge on any atom is -0.492 e. The maximum absolute atomic E-state index is 6.42. The van der Waals surface area contributed by atoms with Crippen molar-refractivity contribution in [2.45, 2.75) is 73.3 Å². The molecule has 0 aromatic heterocycles. The SMILES string of the molecule is C[C@@H]1C(C)(C)C2=C3OC(C)(C)C[C@@H]3CC[C@@H]2C1(C)C. The van der Waals surface area contributed by atoms with E-state index < -0.39 is 0 Å². The van der Waals surface area contributed by atoms with Gasteiger partial charge in [0.05, 0.1) is 0 Å². The molecule has 1 heterocycles. The van der Waals surface area contributed by atoms with Gasteiger partial charge in [0.25, 0.3) is 0 Å². The molecule has 1 saturated carbocycles. The third-order valence-corrected chi connectivity index (χ3v) is 6.70. The number of hydrogen-bond donors (Lipinski definition) is 0. The normalized spacial score (nSPS) is 41.7. The van der Waals surface area contributed by atoms with Gasteiger partial charge in [-0.2, -0.15) is 0 Å². The van der Waals surface area contributed by atoms with Crippen molar-refractivity contribution >= 4 is 0 Å².